The summed E-state index contributed by atoms with van der Waals surface area (Å²) >= 11 is 1.24. The summed E-state index contributed by atoms with van der Waals surface area (Å²) in [7, 11) is 1.56. The topological polar surface area (TPSA) is 89.0 Å². The summed E-state index contributed by atoms with van der Waals surface area (Å²) in [4.78, 5) is 31.9. The van der Waals surface area contributed by atoms with Crippen molar-refractivity contribution in [2.45, 2.75) is 19.6 Å². The predicted molar refractivity (Wildman–Crippen MR) is 142 cm³/mol. The number of aliphatic hydroxyl groups excluding tert-OH is 1. The first-order chi connectivity index (χ1) is 18.0. The predicted octanol–water partition coefficient (Wildman–Crippen LogP) is 5.67. The van der Waals surface area contributed by atoms with Gasteiger partial charge in [0.05, 0.1) is 18.7 Å². The molecule has 37 heavy (non-hydrogen) atoms. The first kappa shape index (κ1) is 24.3. The average Bonchev–Trinajstić information content (AvgIpc) is 3.54. The summed E-state index contributed by atoms with van der Waals surface area (Å²) in [5.41, 5.74) is 3.25. The van der Waals surface area contributed by atoms with Crippen molar-refractivity contribution in [2.75, 3.05) is 12.0 Å². The zero-order valence-electron chi connectivity index (χ0n) is 20.3. The zero-order chi connectivity index (χ0) is 25.9. The van der Waals surface area contributed by atoms with Crippen LogP contribution in [0.3, 0.4) is 0 Å². The highest BCUT2D eigenvalue weighted by Gasteiger charge is 2.47. The molecule has 1 aliphatic rings. The normalized spacial score (nSPS) is 16.7. The van der Waals surface area contributed by atoms with Gasteiger partial charge in [0.2, 0.25) is 0 Å². The van der Waals surface area contributed by atoms with Crippen LogP contribution >= 0.6 is 11.3 Å². The number of thiazole rings is 1. The second kappa shape index (κ2) is 10.3. The molecular formula is C29H24N2O5S. The van der Waals surface area contributed by atoms with Gasteiger partial charge in [0.1, 0.15) is 23.9 Å². The number of carbonyl (C=O) groups excluding carboxylic acids is 2. The minimum absolute atomic E-state index is 0.00111. The third kappa shape index (κ3) is 4.83. The number of aryl methyl sites for hydroxylation is 1. The summed E-state index contributed by atoms with van der Waals surface area (Å²) in [6.07, 6.45) is 1.57. The Kier molecular flexibility index (Phi) is 6.74. The van der Waals surface area contributed by atoms with Gasteiger partial charge in [-0.15, -0.1) is 11.3 Å². The Morgan fingerprint density at radius 1 is 1.03 bits per heavy atom. The highest BCUT2D eigenvalue weighted by molar-refractivity contribution is 7.14. The van der Waals surface area contributed by atoms with Gasteiger partial charge in [0, 0.05) is 17.1 Å². The van der Waals surface area contributed by atoms with Gasteiger partial charge in [-0.2, -0.15) is 0 Å². The van der Waals surface area contributed by atoms with E-state index in [1.165, 1.54) is 16.2 Å². The lowest BCUT2D eigenvalue weighted by Crippen LogP contribution is -2.29. The number of amides is 1. The molecule has 1 saturated heterocycles. The fourth-order valence-electron chi connectivity index (χ4n) is 4.30. The Hall–Kier alpha value is -4.43. The fourth-order valence-corrected chi connectivity index (χ4v) is 4.97. The molecule has 0 spiro atoms. The summed E-state index contributed by atoms with van der Waals surface area (Å²) in [6, 6.07) is 21.0. The van der Waals surface area contributed by atoms with Crippen molar-refractivity contribution in [3.8, 4) is 11.5 Å². The largest absolute Gasteiger partial charge is 0.507 e. The number of nitrogens with zero attached hydrogens (tertiary/aromatic N) is 2. The number of Topliss-reactive ketones (excluding diaryl/α,β-unsaturated/α-hetero) is 1. The second-order valence-electron chi connectivity index (χ2n) is 8.56. The number of aliphatic hydroxyl groups is 1. The minimum atomic E-state index is -0.839. The van der Waals surface area contributed by atoms with Crippen molar-refractivity contribution < 1.29 is 24.2 Å². The van der Waals surface area contributed by atoms with E-state index in [0.29, 0.717) is 34.4 Å². The van der Waals surface area contributed by atoms with Gasteiger partial charge >= 0.3 is 5.91 Å². The van der Waals surface area contributed by atoms with Crippen LogP contribution < -0.4 is 14.4 Å². The van der Waals surface area contributed by atoms with Crippen LogP contribution in [0.15, 0.2) is 89.9 Å². The molecule has 4 aromatic rings. The van der Waals surface area contributed by atoms with Gasteiger partial charge in [-0.05, 0) is 54.4 Å². The van der Waals surface area contributed by atoms with Crippen LogP contribution in [-0.4, -0.2) is 28.9 Å². The number of benzene rings is 3. The molecule has 1 aliphatic heterocycles. The summed E-state index contributed by atoms with van der Waals surface area (Å²) < 4.78 is 11.1. The number of anilines is 1. The van der Waals surface area contributed by atoms with Crippen molar-refractivity contribution in [3.05, 3.63) is 112 Å². The molecule has 0 bridgehead atoms. The van der Waals surface area contributed by atoms with E-state index >= 15 is 0 Å². The molecule has 0 radical (unpaired) electrons. The number of ether oxygens (including phenoxy) is 2. The summed E-state index contributed by atoms with van der Waals surface area (Å²) in [5, 5.41) is 13.4. The molecule has 0 aliphatic carbocycles. The highest BCUT2D eigenvalue weighted by Crippen LogP contribution is 2.43. The Balaban J connectivity index is 1.49. The molecule has 2 heterocycles. The summed E-state index contributed by atoms with van der Waals surface area (Å²) in [5.74, 6) is -0.517. The summed E-state index contributed by atoms with van der Waals surface area (Å²) in [6.45, 7) is 2.43. The van der Waals surface area contributed by atoms with Gasteiger partial charge < -0.3 is 14.6 Å². The lowest BCUT2D eigenvalue weighted by molar-refractivity contribution is -0.132. The molecule has 5 rings (SSSR count). The molecule has 0 unspecified atom stereocenters. The number of aromatic nitrogens is 1. The average molecular weight is 513 g/mol. The third-order valence-electron chi connectivity index (χ3n) is 6.12. The maximum Gasteiger partial charge on any atom is 0.301 e. The standard InChI is InChI=1S/C29H24N2O5S/c1-18-4-3-5-19(16-18)17-36-23-12-8-21(9-13-23)26(32)24-25(20-6-10-22(35-2)11-7-20)31(28(34)27(24)33)29-30-14-15-37-29/h3-16,25,32H,17H2,1-2H3/t25-/m0/s1. The van der Waals surface area contributed by atoms with Crippen molar-refractivity contribution >= 4 is 33.9 Å². The van der Waals surface area contributed by atoms with Gasteiger partial charge in [-0.1, -0.05) is 42.0 Å². The van der Waals surface area contributed by atoms with Crippen molar-refractivity contribution in [3.63, 3.8) is 0 Å². The number of hydrogen-bond acceptors (Lipinski definition) is 7. The molecule has 1 fully saturated rings. The minimum Gasteiger partial charge on any atom is -0.507 e. The van der Waals surface area contributed by atoms with E-state index in [1.807, 2.05) is 25.1 Å². The quantitative estimate of drug-likeness (QED) is 0.195. The lowest BCUT2D eigenvalue weighted by Gasteiger charge is -2.23. The fraction of sp³-hybridized carbons (Fsp3) is 0.138. The van der Waals surface area contributed by atoms with Gasteiger partial charge in [-0.3, -0.25) is 14.5 Å². The Morgan fingerprint density at radius 3 is 2.41 bits per heavy atom. The van der Waals surface area contributed by atoms with E-state index in [9.17, 15) is 14.7 Å². The van der Waals surface area contributed by atoms with Gasteiger partial charge in [0.15, 0.2) is 5.13 Å². The van der Waals surface area contributed by atoms with Gasteiger partial charge in [0.25, 0.3) is 5.78 Å². The molecule has 1 amide bonds. The molecule has 3 aromatic carbocycles. The van der Waals surface area contributed by atoms with E-state index in [0.717, 1.165) is 11.1 Å². The van der Waals surface area contributed by atoms with Crippen LogP contribution in [0.5, 0.6) is 11.5 Å². The van der Waals surface area contributed by atoms with Crippen LogP contribution in [0.2, 0.25) is 0 Å². The molecule has 8 heteroatoms. The molecular weight excluding hydrogens is 488 g/mol. The molecule has 7 nitrogen and oxygen atoms in total. The number of ketones is 1. The highest BCUT2D eigenvalue weighted by atomic mass is 32.1. The molecule has 186 valence electrons. The zero-order valence-corrected chi connectivity index (χ0v) is 21.1. The molecule has 1 N–H and O–H groups in total. The van der Waals surface area contributed by atoms with E-state index in [-0.39, 0.29) is 11.3 Å². The van der Waals surface area contributed by atoms with Crippen molar-refractivity contribution in [2.24, 2.45) is 0 Å². The van der Waals surface area contributed by atoms with Crippen LogP contribution in [0.1, 0.15) is 28.3 Å². The molecule has 1 aromatic heterocycles. The number of hydrogen-bond donors (Lipinski definition) is 1. The van der Waals surface area contributed by atoms with Gasteiger partial charge in [-0.25, -0.2) is 4.98 Å². The smallest absolute Gasteiger partial charge is 0.301 e. The second-order valence-corrected chi connectivity index (χ2v) is 9.43. The number of methoxy groups -OCH3 is 1. The van der Waals surface area contributed by atoms with E-state index in [4.69, 9.17) is 9.47 Å². The maximum absolute atomic E-state index is 13.2. The Morgan fingerprint density at radius 2 is 1.76 bits per heavy atom. The third-order valence-corrected chi connectivity index (χ3v) is 6.89. The maximum atomic E-state index is 13.2. The van der Waals surface area contributed by atoms with E-state index in [1.54, 1.807) is 67.2 Å². The first-order valence-corrected chi connectivity index (χ1v) is 12.5. The Labute approximate surface area is 218 Å². The van der Waals surface area contributed by atoms with Crippen molar-refractivity contribution in [1.29, 1.82) is 0 Å². The molecule has 0 saturated carbocycles. The van der Waals surface area contributed by atoms with Crippen LogP contribution in [-0.2, 0) is 16.2 Å². The Bertz CT molecular complexity index is 1460. The van der Waals surface area contributed by atoms with Crippen molar-refractivity contribution in [1.82, 2.24) is 4.98 Å². The number of rotatable bonds is 7. The SMILES string of the molecule is COc1ccc([C@H]2C(=C(O)c3ccc(OCc4cccc(C)c4)cc3)C(=O)C(=O)N2c2nccs2)cc1. The van der Waals surface area contributed by atoms with Crippen LogP contribution in [0, 0.1) is 6.92 Å². The monoisotopic (exact) mass is 512 g/mol. The van der Waals surface area contributed by atoms with E-state index in [2.05, 4.69) is 11.1 Å². The van der Waals surface area contributed by atoms with Crippen LogP contribution in [0.4, 0.5) is 5.13 Å². The van der Waals surface area contributed by atoms with E-state index < -0.39 is 17.7 Å². The molecule has 1 atom stereocenters. The lowest BCUT2D eigenvalue weighted by atomic mass is 9.95. The van der Waals surface area contributed by atoms with Crippen LogP contribution in [0.25, 0.3) is 5.76 Å². The first-order valence-electron chi connectivity index (χ1n) is 11.6. The number of carbonyl (C=O) groups is 2.